The number of aryl methyl sites for hydroxylation is 2. The molecule has 2 fully saturated rings. The van der Waals surface area contributed by atoms with Crippen molar-refractivity contribution in [2.75, 3.05) is 45.8 Å². The van der Waals surface area contributed by atoms with Gasteiger partial charge in [-0.25, -0.2) is 8.42 Å². The third kappa shape index (κ3) is 4.04. The van der Waals surface area contributed by atoms with Gasteiger partial charge in [-0.15, -0.1) is 0 Å². The first-order valence-corrected chi connectivity index (χ1v) is 10.4. The van der Waals surface area contributed by atoms with Crippen LogP contribution >= 0.6 is 0 Å². The van der Waals surface area contributed by atoms with Gasteiger partial charge in [-0.2, -0.15) is 4.31 Å². The van der Waals surface area contributed by atoms with E-state index in [1.54, 1.807) is 10.4 Å². The van der Waals surface area contributed by atoms with E-state index in [4.69, 9.17) is 0 Å². The Morgan fingerprint density at radius 2 is 1.64 bits per heavy atom. The van der Waals surface area contributed by atoms with Crippen LogP contribution in [0, 0.1) is 13.8 Å². The predicted octanol–water partition coefficient (Wildman–Crippen LogP) is 1.23. The summed E-state index contributed by atoms with van der Waals surface area (Å²) in [5, 5.41) is 0. The van der Waals surface area contributed by atoms with E-state index in [1.165, 1.54) is 0 Å². The fraction of sp³-hybridized carbons (Fsp3) is 0.611. The summed E-state index contributed by atoms with van der Waals surface area (Å²) >= 11 is 0. The van der Waals surface area contributed by atoms with Crippen molar-refractivity contribution in [2.24, 2.45) is 0 Å². The van der Waals surface area contributed by atoms with E-state index < -0.39 is 10.0 Å². The summed E-state index contributed by atoms with van der Waals surface area (Å²) in [6, 6.07) is 5.53. The molecule has 0 bridgehead atoms. The molecular formula is C18H27N3O3S. The zero-order valence-corrected chi connectivity index (χ0v) is 15.9. The molecule has 7 heteroatoms. The van der Waals surface area contributed by atoms with Gasteiger partial charge in [0, 0.05) is 39.3 Å². The molecule has 0 unspecified atom stereocenters. The molecule has 1 aromatic carbocycles. The molecule has 0 aromatic heterocycles. The van der Waals surface area contributed by atoms with E-state index >= 15 is 0 Å². The first-order chi connectivity index (χ1) is 11.9. The zero-order valence-electron chi connectivity index (χ0n) is 15.1. The van der Waals surface area contributed by atoms with Crippen LogP contribution in [0.3, 0.4) is 0 Å². The van der Waals surface area contributed by atoms with Crippen LogP contribution < -0.4 is 0 Å². The summed E-state index contributed by atoms with van der Waals surface area (Å²) < 4.78 is 27.4. The summed E-state index contributed by atoms with van der Waals surface area (Å²) in [5.74, 6) is 0.170. The molecule has 3 rings (SSSR count). The van der Waals surface area contributed by atoms with Crippen molar-refractivity contribution in [3.63, 3.8) is 0 Å². The Morgan fingerprint density at radius 1 is 1.00 bits per heavy atom. The van der Waals surface area contributed by atoms with Gasteiger partial charge in [0.05, 0.1) is 11.4 Å². The summed E-state index contributed by atoms with van der Waals surface area (Å²) in [6.07, 6.45) is 2.18. The van der Waals surface area contributed by atoms with Crippen molar-refractivity contribution >= 4 is 15.9 Å². The number of hydrogen-bond acceptors (Lipinski definition) is 4. The molecular weight excluding hydrogens is 338 g/mol. The van der Waals surface area contributed by atoms with Gasteiger partial charge in [0.1, 0.15) is 0 Å². The second kappa shape index (κ2) is 7.43. The van der Waals surface area contributed by atoms with Crippen LogP contribution in [0.5, 0.6) is 0 Å². The number of hydrogen-bond donors (Lipinski definition) is 0. The SMILES string of the molecule is Cc1ccc(C)c(S(=O)(=O)N2CCN(CC(=O)N3CCCC3)CC2)c1. The predicted molar refractivity (Wildman–Crippen MR) is 96.9 cm³/mol. The van der Waals surface area contributed by atoms with Crippen molar-refractivity contribution in [3.8, 4) is 0 Å². The second-order valence-corrected chi connectivity index (χ2v) is 8.94. The van der Waals surface area contributed by atoms with Crippen molar-refractivity contribution in [3.05, 3.63) is 29.3 Å². The normalized spacial score (nSPS) is 20.2. The zero-order chi connectivity index (χ0) is 18.0. The first kappa shape index (κ1) is 18.4. The van der Waals surface area contributed by atoms with Gasteiger partial charge in [0.25, 0.3) is 0 Å². The average molecular weight is 365 g/mol. The Kier molecular flexibility index (Phi) is 5.46. The van der Waals surface area contributed by atoms with Crippen molar-refractivity contribution in [2.45, 2.75) is 31.6 Å². The lowest BCUT2D eigenvalue weighted by Crippen LogP contribution is -2.51. The van der Waals surface area contributed by atoms with E-state index in [1.807, 2.05) is 30.9 Å². The number of nitrogens with zero attached hydrogens (tertiary/aromatic N) is 3. The van der Waals surface area contributed by atoms with Crippen LogP contribution in [-0.2, 0) is 14.8 Å². The maximum atomic E-state index is 12.9. The Labute approximate surface area is 150 Å². The third-order valence-corrected chi connectivity index (χ3v) is 7.15. The van der Waals surface area contributed by atoms with Gasteiger partial charge in [0.15, 0.2) is 0 Å². The molecule has 25 heavy (non-hydrogen) atoms. The molecule has 2 heterocycles. The number of likely N-dealkylation sites (tertiary alicyclic amines) is 1. The molecule has 2 saturated heterocycles. The summed E-state index contributed by atoms with van der Waals surface area (Å²) in [6.45, 7) is 7.92. The van der Waals surface area contributed by atoms with Crippen molar-refractivity contribution < 1.29 is 13.2 Å². The van der Waals surface area contributed by atoms with Crippen LogP contribution in [0.2, 0.25) is 0 Å². The summed E-state index contributed by atoms with van der Waals surface area (Å²) in [7, 11) is -3.47. The minimum absolute atomic E-state index is 0.170. The first-order valence-electron chi connectivity index (χ1n) is 8.95. The quantitative estimate of drug-likeness (QED) is 0.805. The van der Waals surface area contributed by atoms with Gasteiger partial charge < -0.3 is 4.90 Å². The summed E-state index contributed by atoms with van der Waals surface area (Å²) in [5.41, 5.74) is 1.72. The number of amides is 1. The smallest absolute Gasteiger partial charge is 0.243 e. The Morgan fingerprint density at radius 3 is 2.28 bits per heavy atom. The van der Waals surface area contributed by atoms with Crippen LogP contribution in [0.25, 0.3) is 0 Å². The number of rotatable bonds is 4. The van der Waals surface area contributed by atoms with E-state index in [9.17, 15) is 13.2 Å². The molecule has 0 atom stereocenters. The molecule has 0 N–H and O–H groups in total. The third-order valence-electron chi connectivity index (χ3n) is 5.11. The molecule has 0 spiro atoms. The molecule has 1 aromatic rings. The standard InChI is InChI=1S/C18H27N3O3S/c1-15-5-6-16(2)17(13-15)25(23,24)21-11-9-19(10-12-21)14-18(22)20-7-3-4-8-20/h5-6,13H,3-4,7-12,14H2,1-2H3. The van der Waals surface area contributed by atoms with Crippen LogP contribution in [0.15, 0.2) is 23.1 Å². The molecule has 0 saturated carbocycles. The van der Waals surface area contributed by atoms with E-state index in [0.717, 1.165) is 37.1 Å². The Bertz CT molecular complexity index is 734. The molecule has 2 aliphatic rings. The lowest BCUT2D eigenvalue weighted by molar-refractivity contribution is -0.131. The second-order valence-electron chi connectivity index (χ2n) is 7.04. The Hall–Kier alpha value is -1.44. The van der Waals surface area contributed by atoms with Gasteiger partial charge in [0.2, 0.25) is 15.9 Å². The minimum Gasteiger partial charge on any atom is -0.342 e. The van der Waals surface area contributed by atoms with Gasteiger partial charge in [-0.1, -0.05) is 12.1 Å². The van der Waals surface area contributed by atoms with Gasteiger partial charge >= 0.3 is 0 Å². The monoisotopic (exact) mass is 365 g/mol. The number of carbonyl (C=O) groups excluding carboxylic acids is 1. The Balaban J connectivity index is 1.61. The molecule has 0 aliphatic carbocycles. The fourth-order valence-electron chi connectivity index (χ4n) is 3.51. The van der Waals surface area contributed by atoms with Crippen molar-refractivity contribution in [1.29, 1.82) is 0 Å². The van der Waals surface area contributed by atoms with Gasteiger partial charge in [-0.05, 0) is 43.9 Å². The van der Waals surface area contributed by atoms with Crippen LogP contribution in [0.4, 0.5) is 0 Å². The lowest BCUT2D eigenvalue weighted by Gasteiger charge is -2.34. The molecule has 6 nitrogen and oxygen atoms in total. The number of benzene rings is 1. The minimum atomic E-state index is -3.47. The average Bonchev–Trinajstić information content (AvgIpc) is 3.12. The summed E-state index contributed by atoms with van der Waals surface area (Å²) in [4.78, 5) is 16.6. The fourth-order valence-corrected chi connectivity index (χ4v) is 5.24. The van der Waals surface area contributed by atoms with Crippen molar-refractivity contribution in [1.82, 2.24) is 14.1 Å². The highest BCUT2D eigenvalue weighted by Gasteiger charge is 2.31. The van der Waals surface area contributed by atoms with Crippen LogP contribution in [-0.4, -0.2) is 74.2 Å². The van der Waals surface area contributed by atoms with Gasteiger partial charge in [-0.3, -0.25) is 9.69 Å². The number of piperazine rings is 1. The van der Waals surface area contributed by atoms with E-state index in [-0.39, 0.29) is 5.91 Å². The topological polar surface area (TPSA) is 60.9 Å². The number of sulfonamides is 1. The van der Waals surface area contributed by atoms with E-state index in [0.29, 0.717) is 37.6 Å². The largest absolute Gasteiger partial charge is 0.342 e. The highest BCUT2D eigenvalue weighted by molar-refractivity contribution is 7.89. The lowest BCUT2D eigenvalue weighted by atomic mass is 10.2. The molecule has 2 aliphatic heterocycles. The maximum absolute atomic E-state index is 12.9. The maximum Gasteiger partial charge on any atom is 0.243 e. The van der Waals surface area contributed by atoms with Crippen LogP contribution in [0.1, 0.15) is 24.0 Å². The molecule has 0 radical (unpaired) electrons. The molecule has 138 valence electrons. The highest BCUT2D eigenvalue weighted by atomic mass is 32.2. The molecule has 1 amide bonds. The number of carbonyl (C=O) groups is 1. The highest BCUT2D eigenvalue weighted by Crippen LogP contribution is 2.22. The van der Waals surface area contributed by atoms with E-state index in [2.05, 4.69) is 4.90 Å².